The first-order valence-corrected chi connectivity index (χ1v) is 9.68. The van der Waals surface area contributed by atoms with Crippen molar-refractivity contribution in [3.05, 3.63) is 17.9 Å². The van der Waals surface area contributed by atoms with Crippen LogP contribution in [-0.2, 0) is 16.6 Å². The topological polar surface area (TPSA) is 74.0 Å². The SMILES string of the molecule is CC(O)CN(Cc1ccc(S(=O)(=O)N(C)C)o1)C1CCCCC1. The van der Waals surface area contributed by atoms with Gasteiger partial charge in [-0.1, -0.05) is 19.3 Å². The Morgan fingerprint density at radius 1 is 1.26 bits per heavy atom. The molecule has 2 rings (SSSR count). The van der Waals surface area contributed by atoms with Gasteiger partial charge in [-0.2, -0.15) is 0 Å². The summed E-state index contributed by atoms with van der Waals surface area (Å²) in [6, 6.07) is 3.65. The number of furan rings is 1. The average molecular weight is 344 g/mol. The van der Waals surface area contributed by atoms with Gasteiger partial charge in [0, 0.05) is 26.7 Å². The van der Waals surface area contributed by atoms with E-state index >= 15 is 0 Å². The maximum atomic E-state index is 12.1. The van der Waals surface area contributed by atoms with E-state index in [1.807, 2.05) is 0 Å². The van der Waals surface area contributed by atoms with E-state index in [0.29, 0.717) is 24.9 Å². The Labute approximate surface area is 139 Å². The number of nitrogens with zero attached hydrogens (tertiary/aromatic N) is 2. The van der Waals surface area contributed by atoms with Gasteiger partial charge in [0.1, 0.15) is 5.76 Å². The van der Waals surface area contributed by atoms with Crippen LogP contribution in [0.15, 0.2) is 21.6 Å². The van der Waals surface area contributed by atoms with Crippen LogP contribution in [0.3, 0.4) is 0 Å². The molecule has 1 aromatic rings. The maximum absolute atomic E-state index is 12.1. The molecule has 1 heterocycles. The van der Waals surface area contributed by atoms with Crippen LogP contribution in [0.2, 0.25) is 0 Å². The third kappa shape index (κ3) is 4.79. The number of aliphatic hydroxyl groups excluding tert-OH is 1. The summed E-state index contributed by atoms with van der Waals surface area (Å²) in [4.78, 5) is 2.22. The molecule has 1 fully saturated rings. The highest BCUT2D eigenvalue weighted by atomic mass is 32.2. The molecule has 0 saturated heterocycles. The molecule has 1 saturated carbocycles. The van der Waals surface area contributed by atoms with Gasteiger partial charge in [-0.25, -0.2) is 12.7 Å². The Balaban J connectivity index is 2.12. The first-order valence-electron chi connectivity index (χ1n) is 8.24. The molecule has 132 valence electrons. The molecule has 0 spiro atoms. The number of hydrogen-bond acceptors (Lipinski definition) is 5. The lowest BCUT2D eigenvalue weighted by molar-refractivity contribution is 0.0708. The maximum Gasteiger partial charge on any atom is 0.275 e. The third-order valence-electron chi connectivity index (χ3n) is 4.32. The third-order valence-corrected chi connectivity index (χ3v) is 6.01. The molecule has 23 heavy (non-hydrogen) atoms. The molecule has 7 heteroatoms. The fraction of sp³-hybridized carbons (Fsp3) is 0.750. The summed E-state index contributed by atoms with van der Waals surface area (Å²) in [5, 5.41) is 9.73. The Hall–Kier alpha value is -0.890. The van der Waals surface area contributed by atoms with Crippen LogP contribution >= 0.6 is 0 Å². The fourth-order valence-electron chi connectivity index (χ4n) is 3.09. The van der Waals surface area contributed by atoms with Crippen molar-refractivity contribution in [1.82, 2.24) is 9.21 Å². The summed E-state index contributed by atoms with van der Waals surface area (Å²) in [5.74, 6) is 0.622. The highest BCUT2D eigenvalue weighted by molar-refractivity contribution is 7.88. The van der Waals surface area contributed by atoms with Gasteiger partial charge in [-0.15, -0.1) is 0 Å². The zero-order valence-corrected chi connectivity index (χ0v) is 15.1. The zero-order valence-electron chi connectivity index (χ0n) is 14.2. The number of rotatable bonds is 7. The van der Waals surface area contributed by atoms with E-state index in [1.165, 1.54) is 39.4 Å². The normalized spacial score (nSPS) is 18.7. The van der Waals surface area contributed by atoms with Crippen LogP contribution in [0.5, 0.6) is 0 Å². The summed E-state index contributed by atoms with van der Waals surface area (Å²) in [5.41, 5.74) is 0. The van der Waals surface area contributed by atoms with E-state index in [4.69, 9.17) is 4.42 Å². The highest BCUT2D eigenvalue weighted by Gasteiger charge is 2.25. The van der Waals surface area contributed by atoms with Crippen molar-refractivity contribution in [2.75, 3.05) is 20.6 Å². The summed E-state index contributed by atoms with van der Waals surface area (Å²) in [6.45, 7) is 2.87. The molecule has 0 aliphatic heterocycles. The molecule has 1 atom stereocenters. The molecule has 1 N–H and O–H groups in total. The van der Waals surface area contributed by atoms with Crippen molar-refractivity contribution < 1.29 is 17.9 Å². The fourth-order valence-corrected chi connectivity index (χ4v) is 3.90. The smallest absolute Gasteiger partial charge is 0.275 e. The predicted octanol–water partition coefficient (Wildman–Crippen LogP) is 2.05. The number of sulfonamides is 1. The molecule has 1 aliphatic rings. The zero-order chi connectivity index (χ0) is 17.0. The number of aliphatic hydroxyl groups is 1. The molecular weight excluding hydrogens is 316 g/mol. The van der Waals surface area contributed by atoms with Gasteiger partial charge in [0.05, 0.1) is 12.6 Å². The Bertz CT molecular complexity index is 589. The van der Waals surface area contributed by atoms with Gasteiger partial charge >= 0.3 is 0 Å². The second kappa shape index (κ2) is 7.79. The van der Waals surface area contributed by atoms with Gasteiger partial charge in [0.2, 0.25) is 5.09 Å². The summed E-state index contributed by atoms with van der Waals surface area (Å²) >= 11 is 0. The largest absolute Gasteiger partial charge is 0.447 e. The predicted molar refractivity (Wildman–Crippen MR) is 88.5 cm³/mol. The van der Waals surface area contributed by atoms with Gasteiger partial charge < -0.3 is 9.52 Å². The summed E-state index contributed by atoms with van der Waals surface area (Å²) < 4.78 is 30.9. The van der Waals surface area contributed by atoms with Crippen molar-refractivity contribution >= 4 is 10.0 Å². The molecule has 6 nitrogen and oxygen atoms in total. The molecule has 0 aromatic carbocycles. The van der Waals surface area contributed by atoms with Crippen molar-refractivity contribution in [2.24, 2.45) is 0 Å². The lowest BCUT2D eigenvalue weighted by atomic mass is 9.94. The van der Waals surface area contributed by atoms with Gasteiger partial charge in [-0.05, 0) is 31.9 Å². The van der Waals surface area contributed by atoms with Crippen molar-refractivity contribution in [3.8, 4) is 0 Å². The first-order chi connectivity index (χ1) is 10.8. The van der Waals surface area contributed by atoms with Crippen LogP contribution in [0.1, 0.15) is 44.8 Å². The van der Waals surface area contributed by atoms with Gasteiger partial charge in [-0.3, -0.25) is 4.90 Å². The van der Waals surface area contributed by atoms with E-state index in [1.54, 1.807) is 13.0 Å². The minimum atomic E-state index is -3.54. The quantitative estimate of drug-likeness (QED) is 0.819. The first kappa shape index (κ1) is 18.4. The average Bonchev–Trinajstić information content (AvgIpc) is 2.96. The van der Waals surface area contributed by atoms with E-state index in [0.717, 1.165) is 17.1 Å². The van der Waals surface area contributed by atoms with Crippen LogP contribution in [0.4, 0.5) is 0 Å². The minimum Gasteiger partial charge on any atom is -0.447 e. The second-order valence-electron chi connectivity index (χ2n) is 6.58. The molecular formula is C16H28N2O4S. The van der Waals surface area contributed by atoms with E-state index < -0.39 is 16.1 Å². The van der Waals surface area contributed by atoms with Crippen LogP contribution in [0, 0.1) is 0 Å². The van der Waals surface area contributed by atoms with E-state index in [2.05, 4.69) is 4.90 Å². The molecule has 1 aromatic heterocycles. The van der Waals surface area contributed by atoms with Crippen molar-refractivity contribution in [3.63, 3.8) is 0 Å². The van der Waals surface area contributed by atoms with Crippen molar-refractivity contribution in [2.45, 2.75) is 62.8 Å². The monoisotopic (exact) mass is 344 g/mol. The van der Waals surface area contributed by atoms with Crippen molar-refractivity contribution in [1.29, 1.82) is 0 Å². The van der Waals surface area contributed by atoms with Gasteiger partial charge in [0.25, 0.3) is 10.0 Å². The van der Waals surface area contributed by atoms with E-state index in [-0.39, 0.29) is 5.09 Å². The van der Waals surface area contributed by atoms with Gasteiger partial charge in [0.15, 0.2) is 0 Å². The number of hydrogen-bond donors (Lipinski definition) is 1. The second-order valence-corrected chi connectivity index (χ2v) is 8.66. The lowest BCUT2D eigenvalue weighted by Crippen LogP contribution is -2.40. The Kier molecular flexibility index (Phi) is 6.25. The summed E-state index contributed by atoms with van der Waals surface area (Å²) in [7, 11) is -0.570. The highest BCUT2D eigenvalue weighted by Crippen LogP contribution is 2.25. The Morgan fingerprint density at radius 2 is 1.91 bits per heavy atom. The molecule has 1 aliphatic carbocycles. The van der Waals surface area contributed by atoms with Crippen LogP contribution < -0.4 is 0 Å². The van der Waals surface area contributed by atoms with E-state index in [9.17, 15) is 13.5 Å². The molecule has 0 amide bonds. The molecule has 1 unspecified atom stereocenters. The van der Waals surface area contributed by atoms with Crippen LogP contribution in [0.25, 0.3) is 0 Å². The lowest BCUT2D eigenvalue weighted by Gasteiger charge is -2.34. The van der Waals surface area contributed by atoms with Crippen LogP contribution in [-0.4, -0.2) is 55.5 Å². The summed E-state index contributed by atoms with van der Waals surface area (Å²) in [6.07, 6.45) is 5.51. The minimum absolute atomic E-state index is 0.0295. The standard InChI is InChI=1S/C16H28N2O4S/c1-13(19)11-18(14-7-5-4-6-8-14)12-15-9-10-16(22-15)23(20,21)17(2)3/h9-10,13-14,19H,4-8,11-12H2,1-3H3. The molecule has 0 radical (unpaired) electrons. The Morgan fingerprint density at radius 3 is 2.48 bits per heavy atom. The molecule has 0 bridgehead atoms.